The van der Waals surface area contributed by atoms with Crippen molar-refractivity contribution in [1.82, 2.24) is 20.0 Å². The van der Waals surface area contributed by atoms with Crippen LogP contribution >= 0.6 is 0 Å². The zero-order valence-electron chi connectivity index (χ0n) is 14.1. The van der Waals surface area contributed by atoms with Crippen LogP contribution in [0.5, 0.6) is 5.75 Å². The van der Waals surface area contributed by atoms with E-state index in [1.807, 2.05) is 17.9 Å². The summed E-state index contributed by atoms with van der Waals surface area (Å²) in [5.41, 5.74) is 1.32. The van der Waals surface area contributed by atoms with Gasteiger partial charge in [-0.1, -0.05) is 19.8 Å². The highest BCUT2D eigenvalue weighted by Gasteiger charge is 2.45. The third kappa shape index (κ3) is 2.94. The maximum absolute atomic E-state index is 5.57. The Morgan fingerprint density at radius 1 is 1.43 bits per heavy atom. The first kappa shape index (κ1) is 16.3. The van der Waals surface area contributed by atoms with E-state index in [1.54, 1.807) is 7.11 Å². The molecule has 1 heterocycles. The third-order valence-electron chi connectivity index (χ3n) is 4.94. The second-order valence-corrected chi connectivity index (χ2v) is 6.31. The summed E-state index contributed by atoms with van der Waals surface area (Å²) in [6.07, 6.45) is 7.98. The van der Waals surface area contributed by atoms with Gasteiger partial charge in [0, 0.05) is 12.6 Å². The lowest BCUT2D eigenvalue weighted by Gasteiger charge is -2.44. The summed E-state index contributed by atoms with van der Waals surface area (Å²) < 4.78 is 7.54. The zero-order valence-corrected chi connectivity index (χ0v) is 14.1. The summed E-state index contributed by atoms with van der Waals surface area (Å²) in [5.74, 6) is 0.888. The number of nitrogens with one attached hydrogen (secondary N) is 1. The van der Waals surface area contributed by atoms with Gasteiger partial charge in [0.1, 0.15) is 0 Å². The summed E-state index contributed by atoms with van der Waals surface area (Å²) in [6, 6.07) is 0.248. The van der Waals surface area contributed by atoms with Crippen LogP contribution in [-0.2, 0) is 7.05 Å². The molecule has 0 saturated heterocycles. The van der Waals surface area contributed by atoms with E-state index in [1.165, 1.54) is 31.4 Å². The molecular weight excluding hydrogens is 264 g/mol. The smallest absolute Gasteiger partial charge is 0.161 e. The van der Waals surface area contributed by atoms with Gasteiger partial charge >= 0.3 is 0 Å². The SMILES string of the molecule is CCCNC(c1c(OC)cnn1C)C1(N(C)C)CCCC1. The van der Waals surface area contributed by atoms with Gasteiger partial charge in [-0.25, -0.2) is 0 Å². The van der Waals surface area contributed by atoms with Crippen LogP contribution in [0.2, 0.25) is 0 Å². The first-order chi connectivity index (χ1) is 10.1. The zero-order chi connectivity index (χ0) is 15.5. The minimum Gasteiger partial charge on any atom is -0.493 e. The minimum absolute atomic E-state index is 0.149. The van der Waals surface area contributed by atoms with Gasteiger partial charge in [0.15, 0.2) is 5.75 Å². The van der Waals surface area contributed by atoms with Crippen molar-refractivity contribution in [3.8, 4) is 5.75 Å². The third-order valence-corrected chi connectivity index (χ3v) is 4.94. The second-order valence-electron chi connectivity index (χ2n) is 6.31. The summed E-state index contributed by atoms with van der Waals surface area (Å²) in [4.78, 5) is 2.40. The highest BCUT2D eigenvalue weighted by Crippen LogP contribution is 2.45. The number of hydrogen-bond donors (Lipinski definition) is 1. The van der Waals surface area contributed by atoms with Crippen molar-refractivity contribution in [3.63, 3.8) is 0 Å². The van der Waals surface area contributed by atoms with Crippen molar-refractivity contribution in [2.45, 2.75) is 50.6 Å². The van der Waals surface area contributed by atoms with Crippen LogP contribution in [0.1, 0.15) is 50.8 Å². The lowest BCUT2D eigenvalue weighted by atomic mass is 9.84. The molecule has 0 aliphatic heterocycles. The van der Waals surface area contributed by atoms with Crippen molar-refractivity contribution >= 4 is 0 Å². The van der Waals surface area contributed by atoms with E-state index in [0.29, 0.717) is 0 Å². The highest BCUT2D eigenvalue weighted by atomic mass is 16.5. The van der Waals surface area contributed by atoms with Crippen molar-refractivity contribution in [2.75, 3.05) is 27.7 Å². The molecule has 1 aliphatic rings. The Morgan fingerprint density at radius 3 is 2.62 bits per heavy atom. The van der Waals surface area contributed by atoms with Crippen LogP contribution in [0.25, 0.3) is 0 Å². The molecule has 1 aromatic rings. The summed E-state index contributed by atoms with van der Waals surface area (Å²) >= 11 is 0. The van der Waals surface area contributed by atoms with E-state index in [2.05, 4.69) is 36.3 Å². The Morgan fingerprint density at radius 2 is 2.10 bits per heavy atom. The molecule has 1 fully saturated rings. The van der Waals surface area contributed by atoms with E-state index in [0.717, 1.165) is 18.7 Å². The standard InChI is InChI=1S/C16H30N4O/c1-6-11-17-15(14-13(21-5)12-18-20(14)4)16(19(2)3)9-7-8-10-16/h12,15,17H,6-11H2,1-5H3. The Kier molecular flexibility index (Phi) is 5.27. The van der Waals surface area contributed by atoms with Gasteiger partial charge in [0.05, 0.1) is 25.0 Å². The van der Waals surface area contributed by atoms with Crippen molar-refractivity contribution in [1.29, 1.82) is 0 Å². The molecule has 1 unspecified atom stereocenters. The largest absolute Gasteiger partial charge is 0.493 e. The Labute approximate surface area is 128 Å². The first-order valence-corrected chi connectivity index (χ1v) is 8.03. The maximum atomic E-state index is 5.57. The number of aromatic nitrogens is 2. The normalized spacial score (nSPS) is 19.1. The van der Waals surface area contributed by atoms with Gasteiger partial charge in [-0.05, 0) is 39.9 Å². The van der Waals surface area contributed by atoms with Crippen LogP contribution in [0.3, 0.4) is 0 Å². The van der Waals surface area contributed by atoms with Crippen molar-refractivity contribution in [3.05, 3.63) is 11.9 Å². The van der Waals surface area contributed by atoms with E-state index >= 15 is 0 Å². The lowest BCUT2D eigenvalue weighted by Crippen LogP contribution is -2.52. The van der Waals surface area contributed by atoms with E-state index < -0.39 is 0 Å². The molecule has 5 heteroatoms. The molecule has 1 atom stereocenters. The monoisotopic (exact) mass is 294 g/mol. The van der Waals surface area contributed by atoms with Gasteiger partial charge in [-0.15, -0.1) is 0 Å². The Bertz CT molecular complexity index is 449. The Balaban J connectivity index is 2.44. The fraction of sp³-hybridized carbons (Fsp3) is 0.812. The average Bonchev–Trinajstić information content (AvgIpc) is 3.08. The molecule has 120 valence electrons. The van der Waals surface area contributed by atoms with Crippen LogP contribution < -0.4 is 10.1 Å². The molecular formula is C16H30N4O. The molecule has 0 bridgehead atoms. The van der Waals surface area contributed by atoms with Crippen LogP contribution in [0, 0.1) is 0 Å². The van der Waals surface area contributed by atoms with Crippen LogP contribution in [0.15, 0.2) is 6.20 Å². The van der Waals surface area contributed by atoms with Crippen LogP contribution in [-0.4, -0.2) is 48.0 Å². The second kappa shape index (κ2) is 6.79. The number of methoxy groups -OCH3 is 1. The maximum Gasteiger partial charge on any atom is 0.161 e. The quantitative estimate of drug-likeness (QED) is 0.838. The molecule has 0 radical (unpaired) electrons. The lowest BCUT2D eigenvalue weighted by molar-refractivity contribution is 0.0990. The van der Waals surface area contributed by atoms with Gasteiger partial charge in [0.2, 0.25) is 0 Å². The molecule has 1 aliphatic carbocycles. The molecule has 0 amide bonds. The summed E-state index contributed by atoms with van der Waals surface area (Å²) in [6.45, 7) is 3.22. The highest BCUT2D eigenvalue weighted by molar-refractivity contribution is 5.31. The Hall–Kier alpha value is -1.07. The molecule has 1 aromatic heterocycles. The average molecular weight is 294 g/mol. The van der Waals surface area contributed by atoms with E-state index in [-0.39, 0.29) is 11.6 Å². The predicted molar refractivity (Wildman–Crippen MR) is 85.7 cm³/mol. The van der Waals surface area contributed by atoms with Gasteiger partial charge < -0.3 is 15.0 Å². The van der Waals surface area contributed by atoms with Gasteiger partial charge in [-0.2, -0.15) is 5.10 Å². The molecule has 1 saturated carbocycles. The van der Waals surface area contributed by atoms with Gasteiger partial charge in [0.25, 0.3) is 0 Å². The van der Waals surface area contributed by atoms with Crippen molar-refractivity contribution < 1.29 is 4.74 Å². The number of likely N-dealkylation sites (N-methyl/N-ethyl adjacent to an activating group) is 1. The number of hydrogen-bond acceptors (Lipinski definition) is 4. The molecule has 21 heavy (non-hydrogen) atoms. The van der Waals surface area contributed by atoms with E-state index in [4.69, 9.17) is 4.74 Å². The molecule has 0 aromatic carbocycles. The number of rotatable bonds is 7. The molecule has 0 spiro atoms. The fourth-order valence-corrected chi connectivity index (χ4v) is 3.72. The topological polar surface area (TPSA) is 42.3 Å². The van der Waals surface area contributed by atoms with E-state index in [9.17, 15) is 0 Å². The summed E-state index contributed by atoms with van der Waals surface area (Å²) in [7, 11) is 8.15. The van der Waals surface area contributed by atoms with Crippen molar-refractivity contribution in [2.24, 2.45) is 7.05 Å². The molecule has 2 rings (SSSR count). The van der Waals surface area contributed by atoms with Crippen LogP contribution in [0.4, 0.5) is 0 Å². The number of aryl methyl sites for hydroxylation is 1. The first-order valence-electron chi connectivity index (χ1n) is 8.03. The number of nitrogens with zero attached hydrogens (tertiary/aromatic N) is 3. The van der Waals surface area contributed by atoms with Gasteiger partial charge in [-0.3, -0.25) is 4.68 Å². The fourth-order valence-electron chi connectivity index (χ4n) is 3.72. The minimum atomic E-state index is 0.149. The molecule has 1 N–H and O–H groups in total. The molecule has 5 nitrogen and oxygen atoms in total. The predicted octanol–water partition coefficient (Wildman–Crippen LogP) is 2.34. The number of ether oxygens (including phenoxy) is 1. The summed E-state index contributed by atoms with van der Waals surface area (Å²) in [5, 5.41) is 8.18.